The first kappa shape index (κ1) is 15.5. The van der Waals surface area contributed by atoms with Crippen LogP contribution in [-0.4, -0.2) is 33.3 Å². The number of Topliss-reactive ketones (excluding diaryl/α,β-unsaturated/α-hetero) is 1. The molecule has 0 N–H and O–H groups in total. The molecule has 1 aliphatic rings. The van der Waals surface area contributed by atoms with Crippen LogP contribution in [0, 0.1) is 5.92 Å². The fraction of sp³-hybridized carbons (Fsp3) is 0.368. The first-order valence-electron chi connectivity index (χ1n) is 8.43. The first-order valence-corrected chi connectivity index (χ1v) is 9.31. The van der Waals surface area contributed by atoms with Crippen molar-refractivity contribution in [2.75, 3.05) is 13.1 Å². The highest BCUT2D eigenvalue weighted by Crippen LogP contribution is 2.24. The summed E-state index contributed by atoms with van der Waals surface area (Å²) in [7, 11) is 2.07. The van der Waals surface area contributed by atoms with Crippen molar-refractivity contribution in [3.05, 3.63) is 52.5 Å². The van der Waals surface area contributed by atoms with Gasteiger partial charge in [0.05, 0.1) is 22.5 Å². The van der Waals surface area contributed by atoms with E-state index >= 15 is 0 Å². The summed E-state index contributed by atoms with van der Waals surface area (Å²) in [6.45, 7) is 2.68. The van der Waals surface area contributed by atoms with E-state index in [4.69, 9.17) is 4.98 Å². The molecular formula is C19H21N3OS. The number of imidazole rings is 1. The maximum absolute atomic E-state index is 12.6. The summed E-state index contributed by atoms with van der Waals surface area (Å²) in [5.74, 6) is 1.49. The second-order valence-electron chi connectivity index (χ2n) is 6.49. The molecule has 1 atom stereocenters. The number of aromatic nitrogens is 2. The lowest BCUT2D eigenvalue weighted by atomic mass is 9.93. The lowest BCUT2D eigenvalue weighted by Crippen LogP contribution is -2.38. The van der Waals surface area contributed by atoms with Crippen LogP contribution < -0.4 is 0 Å². The van der Waals surface area contributed by atoms with Crippen molar-refractivity contribution in [2.45, 2.75) is 19.4 Å². The second kappa shape index (κ2) is 6.49. The Morgan fingerprint density at radius 2 is 2.17 bits per heavy atom. The number of likely N-dealkylation sites (tertiary alicyclic amines) is 1. The van der Waals surface area contributed by atoms with E-state index in [-0.39, 0.29) is 5.92 Å². The van der Waals surface area contributed by atoms with Crippen LogP contribution in [0.25, 0.3) is 11.0 Å². The van der Waals surface area contributed by atoms with E-state index in [2.05, 4.69) is 28.6 Å². The molecule has 0 aliphatic carbocycles. The molecule has 1 fully saturated rings. The van der Waals surface area contributed by atoms with Crippen LogP contribution in [-0.2, 0) is 13.6 Å². The number of hydrogen-bond acceptors (Lipinski definition) is 4. The maximum Gasteiger partial charge on any atom is 0.177 e. The Labute approximate surface area is 145 Å². The molecule has 0 radical (unpaired) electrons. The van der Waals surface area contributed by atoms with Gasteiger partial charge in [0, 0.05) is 19.5 Å². The van der Waals surface area contributed by atoms with E-state index in [1.165, 1.54) is 0 Å². The van der Waals surface area contributed by atoms with Crippen molar-refractivity contribution < 1.29 is 4.79 Å². The molecule has 0 amide bonds. The average Bonchev–Trinajstić information content (AvgIpc) is 3.24. The number of ketones is 1. The van der Waals surface area contributed by atoms with Gasteiger partial charge in [-0.1, -0.05) is 18.2 Å². The third-order valence-electron chi connectivity index (χ3n) is 4.89. The first-order chi connectivity index (χ1) is 11.7. The number of carbonyl (C=O) groups excluding carboxylic acids is 1. The minimum atomic E-state index is 0.118. The fourth-order valence-corrected chi connectivity index (χ4v) is 4.31. The van der Waals surface area contributed by atoms with E-state index in [1.54, 1.807) is 11.3 Å². The predicted molar refractivity (Wildman–Crippen MR) is 97.4 cm³/mol. The molecule has 124 valence electrons. The normalized spacial score (nSPS) is 19.0. The molecule has 2 aromatic heterocycles. The van der Waals surface area contributed by atoms with Crippen LogP contribution in [0.5, 0.6) is 0 Å². The van der Waals surface area contributed by atoms with Crippen molar-refractivity contribution in [3.63, 3.8) is 0 Å². The van der Waals surface area contributed by atoms with Gasteiger partial charge in [-0.05, 0) is 43.0 Å². The van der Waals surface area contributed by atoms with E-state index in [0.717, 1.165) is 54.2 Å². The number of rotatable bonds is 4. The van der Waals surface area contributed by atoms with Crippen LogP contribution >= 0.6 is 11.3 Å². The molecular weight excluding hydrogens is 318 g/mol. The zero-order valence-corrected chi connectivity index (χ0v) is 14.6. The van der Waals surface area contributed by atoms with Gasteiger partial charge >= 0.3 is 0 Å². The molecule has 4 rings (SSSR count). The predicted octanol–water partition coefficient (Wildman–Crippen LogP) is 3.73. The monoisotopic (exact) mass is 339 g/mol. The molecule has 0 spiro atoms. The minimum absolute atomic E-state index is 0.118. The number of carbonyl (C=O) groups is 1. The summed E-state index contributed by atoms with van der Waals surface area (Å²) in [4.78, 5) is 20.7. The number of piperidine rings is 1. The zero-order valence-electron chi connectivity index (χ0n) is 13.8. The highest BCUT2D eigenvalue weighted by atomic mass is 32.1. The topological polar surface area (TPSA) is 38.1 Å². The molecule has 1 saturated heterocycles. The maximum atomic E-state index is 12.6. The summed E-state index contributed by atoms with van der Waals surface area (Å²) in [5.41, 5.74) is 2.20. The van der Waals surface area contributed by atoms with Crippen LogP contribution in [0.15, 0.2) is 41.8 Å². The Kier molecular flexibility index (Phi) is 4.21. The molecule has 0 saturated carbocycles. The molecule has 1 aromatic carbocycles. The fourth-order valence-electron chi connectivity index (χ4n) is 3.57. The van der Waals surface area contributed by atoms with Crippen molar-refractivity contribution in [3.8, 4) is 0 Å². The Morgan fingerprint density at radius 3 is 2.96 bits per heavy atom. The molecule has 0 bridgehead atoms. The summed E-state index contributed by atoms with van der Waals surface area (Å²) in [6.07, 6.45) is 2.07. The van der Waals surface area contributed by atoms with E-state index in [0.29, 0.717) is 5.78 Å². The standard InChI is InChI=1S/C19H21N3OS/c1-21-16-8-3-2-7-15(16)20-18(21)13-22-10-4-6-14(12-22)19(23)17-9-5-11-24-17/h2-3,5,7-9,11,14H,4,6,10,12-13H2,1H3. The van der Waals surface area contributed by atoms with E-state index in [9.17, 15) is 4.79 Å². The Hall–Kier alpha value is -1.98. The van der Waals surface area contributed by atoms with Crippen molar-refractivity contribution in [1.82, 2.24) is 14.5 Å². The molecule has 4 nitrogen and oxygen atoms in total. The SMILES string of the molecule is Cn1c(CN2CCCC(C(=O)c3cccs3)C2)nc2ccccc21. The summed E-state index contributed by atoms with van der Waals surface area (Å²) < 4.78 is 2.17. The summed E-state index contributed by atoms with van der Waals surface area (Å²) in [5, 5.41) is 1.98. The zero-order chi connectivity index (χ0) is 16.5. The van der Waals surface area contributed by atoms with Gasteiger partial charge < -0.3 is 4.57 Å². The molecule has 3 aromatic rings. The number of fused-ring (bicyclic) bond motifs is 1. The summed E-state index contributed by atoms with van der Waals surface area (Å²) >= 11 is 1.55. The van der Waals surface area contributed by atoms with Gasteiger partial charge in [0.2, 0.25) is 0 Å². The van der Waals surface area contributed by atoms with Gasteiger partial charge in [0.1, 0.15) is 5.82 Å². The van der Waals surface area contributed by atoms with Gasteiger partial charge in [0.15, 0.2) is 5.78 Å². The largest absolute Gasteiger partial charge is 0.330 e. The minimum Gasteiger partial charge on any atom is -0.330 e. The van der Waals surface area contributed by atoms with Crippen LogP contribution in [0.2, 0.25) is 0 Å². The van der Waals surface area contributed by atoms with Crippen LogP contribution in [0.3, 0.4) is 0 Å². The highest BCUT2D eigenvalue weighted by Gasteiger charge is 2.27. The number of thiophene rings is 1. The van der Waals surface area contributed by atoms with Gasteiger partial charge in [0.25, 0.3) is 0 Å². The van der Waals surface area contributed by atoms with Crippen LogP contribution in [0.1, 0.15) is 28.3 Å². The lowest BCUT2D eigenvalue weighted by Gasteiger charge is -2.31. The molecule has 5 heteroatoms. The van der Waals surface area contributed by atoms with Gasteiger partial charge in [-0.3, -0.25) is 9.69 Å². The number of para-hydroxylation sites is 2. The second-order valence-corrected chi connectivity index (χ2v) is 7.44. The molecule has 1 unspecified atom stereocenters. The van der Waals surface area contributed by atoms with E-state index in [1.807, 2.05) is 29.6 Å². The average molecular weight is 339 g/mol. The van der Waals surface area contributed by atoms with Crippen molar-refractivity contribution in [1.29, 1.82) is 0 Å². The smallest absolute Gasteiger partial charge is 0.177 e. The molecule has 24 heavy (non-hydrogen) atoms. The number of aryl methyl sites for hydroxylation is 1. The Balaban J connectivity index is 1.50. The van der Waals surface area contributed by atoms with Gasteiger partial charge in [-0.25, -0.2) is 4.98 Å². The summed E-state index contributed by atoms with van der Waals surface area (Å²) in [6, 6.07) is 12.1. The van der Waals surface area contributed by atoms with Crippen LogP contribution in [0.4, 0.5) is 0 Å². The lowest BCUT2D eigenvalue weighted by molar-refractivity contribution is 0.0812. The highest BCUT2D eigenvalue weighted by molar-refractivity contribution is 7.12. The van der Waals surface area contributed by atoms with Crippen molar-refractivity contribution in [2.24, 2.45) is 13.0 Å². The molecule has 1 aliphatic heterocycles. The third kappa shape index (κ3) is 2.89. The number of benzene rings is 1. The Bertz CT molecular complexity index is 853. The van der Waals surface area contributed by atoms with Crippen molar-refractivity contribution >= 4 is 28.2 Å². The van der Waals surface area contributed by atoms with E-state index < -0.39 is 0 Å². The quantitative estimate of drug-likeness (QED) is 0.680. The van der Waals surface area contributed by atoms with Gasteiger partial charge in [-0.2, -0.15) is 0 Å². The Morgan fingerprint density at radius 1 is 1.29 bits per heavy atom. The van der Waals surface area contributed by atoms with Gasteiger partial charge in [-0.15, -0.1) is 11.3 Å². The number of nitrogens with zero attached hydrogens (tertiary/aromatic N) is 3. The molecule has 3 heterocycles. The third-order valence-corrected chi connectivity index (χ3v) is 5.77. The number of hydrogen-bond donors (Lipinski definition) is 0.